The largest absolute Gasteiger partial charge is 0.464 e. The molecule has 2 atom stereocenters. The second-order valence-corrected chi connectivity index (χ2v) is 3.33. The molecule has 0 bridgehead atoms. The molecular weight excluding hydrogens is 152 g/mol. The van der Waals surface area contributed by atoms with Crippen LogP contribution in [0.25, 0.3) is 0 Å². The van der Waals surface area contributed by atoms with E-state index in [1.54, 1.807) is 0 Å². The van der Waals surface area contributed by atoms with Crippen molar-refractivity contribution in [2.24, 2.45) is 5.92 Å². The molecule has 12 heavy (non-hydrogen) atoms. The summed E-state index contributed by atoms with van der Waals surface area (Å²) in [6, 6.07) is 0. The molecule has 0 aliphatic rings. The third-order valence-corrected chi connectivity index (χ3v) is 2.18. The average molecular weight is 172 g/mol. The number of carbonyl (C=O) groups excluding carboxylic acids is 1. The molecule has 2 unspecified atom stereocenters. The number of rotatable bonds is 7. The predicted octanol–water partition coefficient (Wildman–Crippen LogP) is 2.76. The highest BCUT2D eigenvalue weighted by Crippen LogP contribution is 2.17. The van der Waals surface area contributed by atoms with Gasteiger partial charge in [0, 0.05) is 0 Å². The molecule has 0 aliphatic carbocycles. The van der Waals surface area contributed by atoms with Crippen LogP contribution in [0.3, 0.4) is 0 Å². The van der Waals surface area contributed by atoms with E-state index in [4.69, 9.17) is 4.74 Å². The van der Waals surface area contributed by atoms with Gasteiger partial charge in [-0.1, -0.05) is 33.6 Å². The minimum atomic E-state index is 0.132. The Bertz CT molecular complexity index is 112. The minimum Gasteiger partial charge on any atom is -0.464 e. The topological polar surface area (TPSA) is 26.3 Å². The van der Waals surface area contributed by atoms with Gasteiger partial charge in [-0.2, -0.15) is 0 Å². The summed E-state index contributed by atoms with van der Waals surface area (Å²) in [7, 11) is 0. The van der Waals surface area contributed by atoms with Gasteiger partial charge >= 0.3 is 0 Å². The van der Waals surface area contributed by atoms with E-state index in [0.717, 1.165) is 25.7 Å². The summed E-state index contributed by atoms with van der Waals surface area (Å²) in [5, 5.41) is 0. The highest BCUT2D eigenvalue weighted by molar-refractivity contribution is 5.37. The lowest BCUT2D eigenvalue weighted by atomic mass is 9.96. The molecule has 0 rings (SSSR count). The Morgan fingerprint density at radius 2 is 1.83 bits per heavy atom. The van der Waals surface area contributed by atoms with Crippen LogP contribution in [0.2, 0.25) is 0 Å². The van der Waals surface area contributed by atoms with Gasteiger partial charge in [-0.05, 0) is 18.8 Å². The van der Waals surface area contributed by atoms with Crippen molar-refractivity contribution in [1.29, 1.82) is 0 Å². The van der Waals surface area contributed by atoms with Crippen molar-refractivity contribution < 1.29 is 9.53 Å². The van der Waals surface area contributed by atoms with Crippen LogP contribution < -0.4 is 0 Å². The smallest absolute Gasteiger partial charge is 0.293 e. The molecule has 0 radical (unpaired) electrons. The van der Waals surface area contributed by atoms with Gasteiger partial charge in [0.05, 0.1) is 0 Å². The average Bonchev–Trinajstić information content (AvgIpc) is 2.04. The van der Waals surface area contributed by atoms with Gasteiger partial charge in [0.2, 0.25) is 0 Å². The normalized spacial score (nSPS) is 15.2. The molecule has 2 heteroatoms. The molecule has 0 saturated carbocycles. The van der Waals surface area contributed by atoms with Crippen LogP contribution in [0.5, 0.6) is 0 Å². The Hall–Kier alpha value is -0.530. The van der Waals surface area contributed by atoms with E-state index in [9.17, 15) is 4.79 Å². The number of carbonyl (C=O) groups is 1. The van der Waals surface area contributed by atoms with Gasteiger partial charge in [-0.25, -0.2) is 0 Å². The summed E-state index contributed by atoms with van der Waals surface area (Å²) in [6.45, 7) is 6.99. The van der Waals surface area contributed by atoms with Crippen LogP contribution >= 0.6 is 0 Å². The van der Waals surface area contributed by atoms with Crippen molar-refractivity contribution in [3.8, 4) is 0 Å². The Kier molecular flexibility index (Phi) is 6.82. The number of ether oxygens (including phenoxy) is 1. The first kappa shape index (κ1) is 11.5. The van der Waals surface area contributed by atoms with Crippen LogP contribution in [-0.2, 0) is 9.53 Å². The van der Waals surface area contributed by atoms with Gasteiger partial charge in [-0.15, -0.1) is 0 Å². The fourth-order valence-corrected chi connectivity index (χ4v) is 1.48. The molecule has 0 spiro atoms. The molecule has 2 nitrogen and oxygen atoms in total. The van der Waals surface area contributed by atoms with Crippen molar-refractivity contribution in [2.75, 3.05) is 0 Å². The standard InChI is InChI=1S/C10H20O2/c1-4-6-9(3)10(7-5-2)12-8-11/h8-10H,4-7H2,1-3H3. The quantitative estimate of drug-likeness (QED) is 0.552. The molecule has 0 aromatic heterocycles. The van der Waals surface area contributed by atoms with Gasteiger partial charge in [0.1, 0.15) is 6.10 Å². The lowest BCUT2D eigenvalue weighted by Crippen LogP contribution is -2.21. The maximum atomic E-state index is 10.2. The van der Waals surface area contributed by atoms with Gasteiger partial charge < -0.3 is 4.74 Å². The second-order valence-electron chi connectivity index (χ2n) is 3.33. The van der Waals surface area contributed by atoms with E-state index < -0.39 is 0 Å². The van der Waals surface area contributed by atoms with Crippen LogP contribution in [0, 0.1) is 5.92 Å². The maximum absolute atomic E-state index is 10.2. The Morgan fingerprint density at radius 3 is 2.25 bits per heavy atom. The third-order valence-electron chi connectivity index (χ3n) is 2.18. The zero-order valence-corrected chi connectivity index (χ0v) is 8.38. The summed E-state index contributed by atoms with van der Waals surface area (Å²) in [6.07, 6.45) is 4.49. The second kappa shape index (κ2) is 7.14. The van der Waals surface area contributed by atoms with Crippen molar-refractivity contribution in [3.63, 3.8) is 0 Å². The van der Waals surface area contributed by atoms with E-state index in [2.05, 4.69) is 20.8 Å². The molecule has 0 fully saturated rings. The molecule has 0 aromatic rings. The minimum absolute atomic E-state index is 0.132. The summed E-state index contributed by atoms with van der Waals surface area (Å²) in [4.78, 5) is 10.2. The van der Waals surface area contributed by atoms with Crippen LogP contribution in [0.15, 0.2) is 0 Å². The number of hydrogen-bond donors (Lipinski definition) is 0. The molecule has 72 valence electrons. The van der Waals surface area contributed by atoms with Crippen molar-refractivity contribution in [2.45, 2.75) is 52.6 Å². The molecule has 0 heterocycles. The SMILES string of the molecule is CCCC(C)C(CCC)OC=O. The van der Waals surface area contributed by atoms with Gasteiger partial charge in [0.25, 0.3) is 6.47 Å². The summed E-state index contributed by atoms with van der Waals surface area (Å²) < 4.78 is 5.02. The monoisotopic (exact) mass is 172 g/mol. The van der Waals surface area contributed by atoms with E-state index >= 15 is 0 Å². The van der Waals surface area contributed by atoms with Gasteiger partial charge in [0.15, 0.2) is 0 Å². The van der Waals surface area contributed by atoms with Gasteiger partial charge in [-0.3, -0.25) is 4.79 Å². The predicted molar refractivity (Wildman–Crippen MR) is 49.9 cm³/mol. The third kappa shape index (κ3) is 4.37. The Labute approximate surface area is 75.3 Å². The van der Waals surface area contributed by atoms with E-state index in [1.807, 2.05) is 0 Å². The maximum Gasteiger partial charge on any atom is 0.293 e. The highest BCUT2D eigenvalue weighted by atomic mass is 16.5. The van der Waals surface area contributed by atoms with Crippen LogP contribution in [0.1, 0.15) is 46.5 Å². The van der Waals surface area contributed by atoms with Crippen molar-refractivity contribution >= 4 is 6.47 Å². The summed E-state index contributed by atoms with van der Waals surface area (Å²) >= 11 is 0. The molecule has 0 aliphatic heterocycles. The van der Waals surface area contributed by atoms with E-state index in [-0.39, 0.29) is 6.10 Å². The first-order chi connectivity index (χ1) is 5.76. The zero-order chi connectivity index (χ0) is 9.40. The summed E-state index contributed by atoms with van der Waals surface area (Å²) in [5.41, 5.74) is 0. The number of hydrogen-bond acceptors (Lipinski definition) is 2. The van der Waals surface area contributed by atoms with Crippen LogP contribution in [-0.4, -0.2) is 12.6 Å². The molecule has 0 aromatic carbocycles. The first-order valence-electron chi connectivity index (χ1n) is 4.85. The Morgan fingerprint density at radius 1 is 1.25 bits per heavy atom. The fraction of sp³-hybridized carbons (Fsp3) is 0.900. The molecule has 0 amide bonds. The molecular formula is C10H20O2. The van der Waals surface area contributed by atoms with Crippen LogP contribution in [0.4, 0.5) is 0 Å². The fourth-order valence-electron chi connectivity index (χ4n) is 1.48. The first-order valence-corrected chi connectivity index (χ1v) is 4.85. The van der Waals surface area contributed by atoms with E-state index in [1.165, 1.54) is 0 Å². The lowest BCUT2D eigenvalue weighted by Gasteiger charge is -2.21. The lowest BCUT2D eigenvalue weighted by molar-refractivity contribution is -0.136. The highest BCUT2D eigenvalue weighted by Gasteiger charge is 2.15. The van der Waals surface area contributed by atoms with E-state index in [0.29, 0.717) is 12.4 Å². The summed E-state index contributed by atoms with van der Waals surface area (Å²) in [5.74, 6) is 0.500. The molecule has 0 saturated heterocycles. The van der Waals surface area contributed by atoms with Crippen molar-refractivity contribution in [3.05, 3.63) is 0 Å². The molecule has 0 N–H and O–H groups in total. The Balaban J connectivity index is 3.80. The van der Waals surface area contributed by atoms with Crippen molar-refractivity contribution in [1.82, 2.24) is 0 Å². The zero-order valence-electron chi connectivity index (χ0n) is 8.38.